The Morgan fingerprint density at radius 3 is 2.73 bits per heavy atom. The van der Waals surface area contributed by atoms with Crippen molar-refractivity contribution < 1.29 is 14.6 Å². The van der Waals surface area contributed by atoms with Crippen LogP contribution in [0.3, 0.4) is 0 Å². The Kier molecular flexibility index (Phi) is 2.35. The molecule has 15 heavy (non-hydrogen) atoms. The Bertz CT molecular complexity index is 369. The minimum atomic E-state index is -0.478. The van der Waals surface area contributed by atoms with Gasteiger partial charge in [0.15, 0.2) is 11.5 Å². The van der Waals surface area contributed by atoms with Crippen molar-refractivity contribution >= 4 is 0 Å². The fourth-order valence-electron chi connectivity index (χ4n) is 1.56. The summed E-state index contributed by atoms with van der Waals surface area (Å²) in [5.74, 6) is 1.46. The summed E-state index contributed by atoms with van der Waals surface area (Å²) >= 11 is 0. The Balaban J connectivity index is 2.32. The molecular weight excluding hydrogens is 192 g/mol. The van der Waals surface area contributed by atoms with Gasteiger partial charge in [0, 0.05) is 0 Å². The van der Waals surface area contributed by atoms with Gasteiger partial charge in [-0.2, -0.15) is 0 Å². The van der Waals surface area contributed by atoms with E-state index in [0.29, 0.717) is 12.4 Å². The lowest BCUT2D eigenvalue weighted by Crippen LogP contribution is -2.38. The summed E-state index contributed by atoms with van der Waals surface area (Å²) in [6.07, 6.45) is -0.478. The molecule has 1 atom stereocenters. The fourth-order valence-corrected chi connectivity index (χ4v) is 1.56. The van der Waals surface area contributed by atoms with Crippen LogP contribution in [0.4, 0.5) is 0 Å². The zero-order valence-electron chi connectivity index (χ0n) is 9.28. The fraction of sp³-hybridized carbons (Fsp3) is 0.500. The van der Waals surface area contributed by atoms with E-state index < -0.39 is 6.10 Å². The highest BCUT2D eigenvalue weighted by Gasteiger charge is 2.28. The van der Waals surface area contributed by atoms with Crippen LogP contribution in [0.2, 0.25) is 0 Å². The summed E-state index contributed by atoms with van der Waals surface area (Å²) in [7, 11) is 0. The Morgan fingerprint density at radius 1 is 1.33 bits per heavy atom. The maximum Gasteiger partial charge on any atom is 0.162 e. The van der Waals surface area contributed by atoms with E-state index in [2.05, 4.69) is 0 Å². The molecule has 0 aromatic heterocycles. The lowest BCUT2D eigenvalue weighted by atomic mass is 10.1. The van der Waals surface area contributed by atoms with E-state index in [9.17, 15) is 5.11 Å². The standard InChI is InChI=1S/C12H16O3/c1-8(13)9-4-5-10-11(6-9)14-7-12(2,3)15-10/h4-6,8,13H,7H2,1-3H3. The lowest BCUT2D eigenvalue weighted by molar-refractivity contribution is 0.0210. The molecule has 0 saturated heterocycles. The SMILES string of the molecule is CC(O)c1ccc2c(c1)OCC(C)(C)O2. The van der Waals surface area contributed by atoms with Crippen molar-refractivity contribution in [3.63, 3.8) is 0 Å². The van der Waals surface area contributed by atoms with E-state index >= 15 is 0 Å². The molecule has 1 aliphatic heterocycles. The smallest absolute Gasteiger partial charge is 0.162 e. The van der Waals surface area contributed by atoms with Crippen molar-refractivity contribution in [1.29, 1.82) is 0 Å². The van der Waals surface area contributed by atoms with Crippen LogP contribution < -0.4 is 9.47 Å². The van der Waals surface area contributed by atoms with E-state index in [1.165, 1.54) is 0 Å². The third-order valence-corrected chi connectivity index (χ3v) is 2.41. The highest BCUT2D eigenvalue weighted by atomic mass is 16.6. The van der Waals surface area contributed by atoms with Crippen molar-refractivity contribution in [3.8, 4) is 11.5 Å². The van der Waals surface area contributed by atoms with Crippen molar-refractivity contribution in [2.24, 2.45) is 0 Å². The van der Waals surface area contributed by atoms with Gasteiger partial charge in [-0.25, -0.2) is 0 Å². The first-order valence-corrected chi connectivity index (χ1v) is 5.12. The number of aliphatic hydroxyl groups is 1. The van der Waals surface area contributed by atoms with Crippen molar-refractivity contribution in [3.05, 3.63) is 23.8 Å². The van der Waals surface area contributed by atoms with Crippen LogP contribution in [-0.4, -0.2) is 17.3 Å². The maximum absolute atomic E-state index is 9.43. The second-order valence-corrected chi connectivity index (χ2v) is 4.53. The Morgan fingerprint density at radius 2 is 2.07 bits per heavy atom. The van der Waals surface area contributed by atoms with Gasteiger partial charge in [-0.05, 0) is 38.5 Å². The molecule has 0 saturated carbocycles. The van der Waals surface area contributed by atoms with Gasteiger partial charge in [0.2, 0.25) is 0 Å². The highest BCUT2D eigenvalue weighted by Crippen LogP contribution is 2.36. The summed E-state index contributed by atoms with van der Waals surface area (Å²) in [5.41, 5.74) is 0.566. The van der Waals surface area contributed by atoms with Gasteiger partial charge >= 0.3 is 0 Å². The van der Waals surface area contributed by atoms with E-state index in [1.807, 2.05) is 32.0 Å². The van der Waals surface area contributed by atoms with Gasteiger partial charge < -0.3 is 14.6 Å². The molecule has 0 spiro atoms. The van der Waals surface area contributed by atoms with Gasteiger partial charge in [-0.15, -0.1) is 0 Å². The number of rotatable bonds is 1. The molecule has 0 fully saturated rings. The number of benzene rings is 1. The van der Waals surface area contributed by atoms with E-state index in [1.54, 1.807) is 6.92 Å². The molecule has 3 heteroatoms. The van der Waals surface area contributed by atoms with Crippen LogP contribution >= 0.6 is 0 Å². The van der Waals surface area contributed by atoms with E-state index in [-0.39, 0.29) is 5.60 Å². The molecule has 2 rings (SSSR count). The average Bonchev–Trinajstić information content (AvgIpc) is 2.15. The van der Waals surface area contributed by atoms with Gasteiger partial charge in [0.05, 0.1) is 6.10 Å². The minimum absolute atomic E-state index is 0.278. The van der Waals surface area contributed by atoms with Crippen LogP contribution in [0.1, 0.15) is 32.4 Å². The molecule has 3 nitrogen and oxygen atoms in total. The van der Waals surface area contributed by atoms with Crippen LogP contribution in [0.5, 0.6) is 11.5 Å². The van der Waals surface area contributed by atoms with Crippen molar-refractivity contribution in [2.45, 2.75) is 32.5 Å². The zero-order valence-corrected chi connectivity index (χ0v) is 9.28. The first kappa shape index (κ1) is 10.3. The number of aliphatic hydroxyl groups excluding tert-OH is 1. The van der Waals surface area contributed by atoms with Gasteiger partial charge in [0.25, 0.3) is 0 Å². The first-order valence-electron chi connectivity index (χ1n) is 5.12. The topological polar surface area (TPSA) is 38.7 Å². The predicted molar refractivity (Wildman–Crippen MR) is 57.3 cm³/mol. The first-order chi connectivity index (χ1) is 6.98. The minimum Gasteiger partial charge on any atom is -0.486 e. The van der Waals surface area contributed by atoms with E-state index in [0.717, 1.165) is 11.3 Å². The number of fused-ring (bicyclic) bond motifs is 1. The summed E-state index contributed by atoms with van der Waals surface area (Å²) in [5, 5.41) is 9.43. The molecular formula is C12H16O3. The molecule has 1 aromatic carbocycles. The lowest BCUT2D eigenvalue weighted by Gasteiger charge is -2.32. The zero-order chi connectivity index (χ0) is 11.1. The highest BCUT2D eigenvalue weighted by molar-refractivity contribution is 5.45. The van der Waals surface area contributed by atoms with Crippen molar-refractivity contribution in [1.82, 2.24) is 0 Å². The third-order valence-electron chi connectivity index (χ3n) is 2.41. The van der Waals surface area contributed by atoms with Crippen LogP contribution in [0.15, 0.2) is 18.2 Å². The average molecular weight is 208 g/mol. The summed E-state index contributed by atoms with van der Waals surface area (Å²) in [6, 6.07) is 5.53. The molecule has 0 radical (unpaired) electrons. The summed E-state index contributed by atoms with van der Waals surface area (Å²) in [6.45, 7) is 6.23. The predicted octanol–water partition coefficient (Wildman–Crippen LogP) is 2.29. The maximum atomic E-state index is 9.43. The molecule has 1 unspecified atom stereocenters. The molecule has 0 amide bonds. The Hall–Kier alpha value is -1.22. The van der Waals surface area contributed by atoms with Crippen molar-refractivity contribution in [2.75, 3.05) is 6.61 Å². The molecule has 1 aromatic rings. The van der Waals surface area contributed by atoms with Crippen LogP contribution in [0.25, 0.3) is 0 Å². The van der Waals surface area contributed by atoms with E-state index in [4.69, 9.17) is 9.47 Å². The molecule has 1 N–H and O–H groups in total. The van der Waals surface area contributed by atoms with Gasteiger partial charge in [-0.1, -0.05) is 6.07 Å². The number of ether oxygens (including phenoxy) is 2. The largest absolute Gasteiger partial charge is 0.486 e. The second kappa shape index (κ2) is 3.42. The number of hydrogen-bond donors (Lipinski definition) is 1. The van der Waals surface area contributed by atoms with Crippen LogP contribution in [-0.2, 0) is 0 Å². The molecule has 1 heterocycles. The molecule has 0 aliphatic carbocycles. The molecule has 0 bridgehead atoms. The van der Waals surface area contributed by atoms with Crippen LogP contribution in [0, 0.1) is 0 Å². The van der Waals surface area contributed by atoms with Gasteiger partial charge in [0.1, 0.15) is 12.2 Å². The number of hydrogen-bond acceptors (Lipinski definition) is 3. The monoisotopic (exact) mass is 208 g/mol. The quantitative estimate of drug-likeness (QED) is 0.769. The Labute approximate surface area is 89.6 Å². The second-order valence-electron chi connectivity index (χ2n) is 4.53. The van der Waals surface area contributed by atoms with Gasteiger partial charge in [-0.3, -0.25) is 0 Å². The molecule has 1 aliphatic rings. The third kappa shape index (κ3) is 2.07. The summed E-state index contributed by atoms with van der Waals surface area (Å²) < 4.78 is 11.3. The normalized spacial score (nSPS) is 19.7. The molecule has 82 valence electrons. The summed E-state index contributed by atoms with van der Waals surface area (Å²) in [4.78, 5) is 0.